The molecule has 4 aromatic rings. The summed E-state index contributed by atoms with van der Waals surface area (Å²) in [6, 6.07) is 16.7. The Morgan fingerprint density at radius 1 is 1.04 bits per heavy atom. The van der Waals surface area contributed by atoms with Gasteiger partial charge in [-0.25, -0.2) is 9.97 Å². The highest BCUT2D eigenvalue weighted by Crippen LogP contribution is 2.31. The van der Waals surface area contributed by atoms with Gasteiger partial charge in [-0.15, -0.1) is 0 Å². The molecule has 0 radical (unpaired) electrons. The van der Waals surface area contributed by atoms with Crippen molar-refractivity contribution in [1.82, 2.24) is 19.9 Å². The first-order valence-corrected chi connectivity index (χ1v) is 8.93. The van der Waals surface area contributed by atoms with Crippen molar-refractivity contribution in [1.29, 1.82) is 0 Å². The van der Waals surface area contributed by atoms with Gasteiger partial charge in [0.25, 0.3) is 0 Å². The van der Waals surface area contributed by atoms with Crippen LogP contribution in [-0.2, 0) is 0 Å². The average molecular weight is 341 g/mol. The molecule has 0 bridgehead atoms. The summed E-state index contributed by atoms with van der Waals surface area (Å²) in [6.07, 6.45) is 6.72. The second kappa shape index (κ2) is 6.26. The van der Waals surface area contributed by atoms with Gasteiger partial charge >= 0.3 is 0 Å². The Hall–Kier alpha value is -3.21. The molecule has 1 fully saturated rings. The van der Waals surface area contributed by atoms with Gasteiger partial charge in [-0.1, -0.05) is 18.2 Å². The molecule has 1 aliphatic heterocycles. The van der Waals surface area contributed by atoms with Crippen molar-refractivity contribution < 1.29 is 0 Å². The highest BCUT2D eigenvalue weighted by atomic mass is 15.2. The summed E-state index contributed by atoms with van der Waals surface area (Å²) in [5.74, 6) is 0.496. The van der Waals surface area contributed by atoms with Crippen molar-refractivity contribution in [3.05, 3.63) is 72.8 Å². The molecule has 1 saturated heterocycles. The Bertz CT molecular complexity index is 1040. The Labute approximate surface area is 151 Å². The Morgan fingerprint density at radius 3 is 2.96 bits per heavy atom. The molecule has 4 heterocycles. The maximum Gasteiger partial charge on any atom is 0.156 e. The van der Waals surface area contributed by atoms with Crippen LogP contribution < -0.4 is 4.90 Å². The number of pyridine rings is 1. The van der Waals surface area contributed by atoms with Crippen molar-refractivity contribution in [3.8, 4) is 11.3 Å². The Morgan fingerprint density at radius 2 is 2.04 bits per heavy atom. The number of benzene rings is 1. The first-order chi connectivity index (χ1) is 12.9. The van der Waals surface area contributed by atoms with Gasteiger partial charge in [0.2, 0.25) is 0 Å². The molecular formula is C21H19N5. The third-order valence-corrected chi connectivity index (χ3v) is 5.06. The van der Waals surface area contributed by atoms with Gasteiger partial charge in [0.15, 0.2) is 5.65 Å². The molecule has 0 saturated carbocycles. The van der Waals surface area contributed by atoms with Gasteiger partial charge in [-0.3, -0.25) is 4.98 Å². The molecule has 1 atom stereocenters. The Balaban J connectivity index is 1.41. The summed E-state index contributed by atoms with van der Waals surface area (Å²) in [7, 11) is 0. The summed E-state index contributed by atoms with van der Waals surface area (Å²) >= 11 is 0. The summed E-state index contributed by atoms with van der Waals surface area (Å²) < 4.78 is 0. The number of H-pyrrole nitrogens is 1. The highest BCUT2D eigenvalue weighted by Gasteiger charge is 2.25. The molecule has 5 heteroatoms. The number of rotatable bonds is 3. The van der Waals surface area contributed by atoms with E-state index in [4.69, 9.17) is 4.98 Å². The van der Waals surface area contributed by atoms with E-state index in [1.54, 1.807) is 0 Å². The van der Waals surface area contributed by atoms with E-state index in [2.05, 4.69) is 56.3 Å². The molecular weight excluding hydrogens is 322 g/mol. The standard InChI is InChI=1S/C21H19N5/c1-2-9-22-18(6-1)16-8-11-26(14-16)17-5-3-4-15(12-17)20-13-24-21-19(25-20)7-10-23-21/h1-7,9-10,12-13,16H,8,11,14H2,(H,23,24). The summed E-state index contributed by atoms with van der Waals surface area (Å²) in [6.45, 7) is 2.05. The zero-order valence-electron chi connectivity index (χ0n) is 14.3. The molecule has 0 aliphatic carbocycles. The minimum Gasteiger partial charge on any atom is -0.371 e. The lowest BCUT2D eigenvalue weighted by molar-refractivity contribution is 0.744. The summed E-state index contributed by atoms with van der Waals surface area (Å²) in [5, 5.41) is 0. The molecule has 1 aromatic carbocycles. The molecule has 5 rings (SSSR count). The minimum absolute atomic E-state index is 0.496. The van der Waals surface area contributed by atoms with Crippen LogP contribution in [0.25, 0.3) is 22.4 Å². The predicted molar refractivity (Wildman–Crippen MR) is 103 cm³/mol. The molecule has 0 amide bonds. The second-order valence-corrected chi connectivity index (χ2v) is 6.70. The highest BCUT2D eigenvalue weighted by molar-refractivity contribution is 5.75. The number of hydrogen-bond acceptors (Lipinski definition) is 4. The Kier molecular flexibility index (Phi) is 3.63. The van der Waals surface area contributed by atoms with E-state index in [-0.39, 0.29) is 0 Å². The fraction of sp³-hybridized carbons (Fsp3) is 0.190. The average Bonchev–Trinajstić information content (AvgIpc) is 3.38. The molecule has 26 heavy (non-hydrogen) atoms. The first kappa shape index (κ1) is 15.1. The van der Waals surface area contributed by atoms with Crippen molar-refractivity contribution >= 4 is 16.9 Å². The molecule has 128 valence electrons. The van der Waals surface area contributed by atoms with Crippen LogP contribution in [0.15, 0.2) is 67.1 Å². The lowest BCUT2D eigenvalue weighted by Gasteiger charge is -2.19. The van der Waals surface area contributed by atoms with Crippen LogP contribution in [0.4, 0.5) is 5.69 Å². The van der Waals surface area contributed by atoms with Gasteiger partial charge in [0, 0.05) is 48.3 Å². The van der Waals surface area contributed by atoms with Gasteiger partial charge in [0.1, 0.15) is 5.52 Å². The van der Waals surface area contributed by atoms with Crippen LogP contribution in [0.1, 0.15) is 18.0 Å². The number of anilines is 1. The van der Waals surface area contributed by atoms with E-state index in [1.165, 1.54) is 11.4 Å². The lowest BCUT2D eigenvalue weighted by Crippen LogP contribution is -2.19. The normalized spacial score (nSPS) is 17.1. The van der Waals surface area contributed by atoms with E-state index in [1.807, 2.05) is 30.7 Å². The SMILES string of the molecule is c1ccc(C2CCN(c3cccc(-c4cnc5[nH]ccc5n4)c3)C2)nc1. The van der Waals surface area contributed by atoms with Crippen LogP contribution in [0.3, 0.4) is 0 Å². The zero-order valence-corrected chi connectivity index (χ0v) is 14.3. The van der Waals surface area contributed by atoms with Crippen LogP contribution in [-0.4, -0.2) is 33.0 Å². The van der Waals surface area contributed by atoms with Crippen molar-refractivity contribution in [3.63, 3.8) is 0 Å². The van der Waals surface area contributed by atoms with Gasteiger partial charge < -0.3 is 9.88 Å². The number of hydrogen-bond donors (Lipinski definition) is 1. The number of aromatic amines is 1. The van der Waals surface area contributed by atoms with Crippen molar-refractivity contribution in [2.45, 2.75) is 12.3 Å². The topological polar surface area (TPSA) is 57.7 Å². The largest absolute Gasteiger partial charge is 0.371 e. The van der Waals surface area contributed by atoms with E-state index < -0.39 is 0 Å². The molecule has 3 aromatic heterocycles. The number of aromatic nitrogens is 4. The van der Waals surface area contributed by atoms with E-state index in [0.717, 1.165) is 41.9 Å². The van der Waals surface area contributed by atoms with Crippen molar-refractivity contribution in [2.24, 2.45) is 0 Å². The summed E-state index contributed by atoms with van der Waals surface area (Å²) in [4.78, 5) is 19.2. The van der Waals surface area contributed by atoms with E-state index in [9.17, 15) is 0 Å². The minimum atomic E-state index is 0.496. The predicted octanol–water partition coefficient (Wildman–Crippen LogP) is 4.01. The van der Waals surface area contributed by atoms with Crippen molar-refractivity contribution in [2.75, 3.05) is 18.0 Å². The molecule has 1 aliphatic rings. The van der Waals surface area contributed by atoms with Crippen LogP contribution >= 0.6 is 0 Å². The summed E-state index contributed by atoms with van der Waals surface area (Å²) in [5.41, 5.74) is 6.14. The number of fused-ring (bicyclic) bond motifs is 1. The van der Waals surface area contributed by atoms with Crippen LogP contribution in [0.5, 0.6) is 0 Å². The maximum absolute atomic E-state index is 4.71. The van der Waals surface area contributed by atoms with Crippen LogP contribution in [0, 0.1) is 0 Å². The van der Waals surface area contributed by atoms with Gasteiger partial charge in [-0.2, -0.15) is 0 Å². The van der Waals surface area contributed by atoms with E-state index >= 15 is 0 Å². The third kappa shape index (κ3) is 2.71. The number of nitrogens with one attached hydrogen (secondary N) is 1. The molecule has 5 nitrogen and oxygen atoms in total. The molecule has 1 unspecified atom stereocenters. The smallest absolute Gasteiger partial charge is 0.156 e. The molecule has 0 spiro atoms. The maximum atomic E-state index is 4.71. The van der Waals surface area contributed by atoms with Gasteiger partial charge in [-0.05, 0) is 36.8 Å². The zero-order chi connectivity index (χ0) is 17.3. The third-order valence-electron chi connectivity index (χ3n) is 5.06. The fourth-order valence-electron chi connectivity index (χ4n) is 3.69. The first-order valence-electron chi connectivity index (χ1n) is 8.93. The van der Waals surface area contributed by atoms with E-state index in [0.29, 0.717) is 5.92 Å². The van der Waals surface area contributed by atoms with Crippen LogP contribution in [0.2, 0.25) is 0 Å². The molecule has 1 N–H and O–H groups in total. The second-order valence-electron chi connectivity index (χ2n) is 6.70. The lowest BCUT2D eigenvalue weighted by atomic mass is 10.0. The monoisotopic (exact) mass is 341 g/mol. The number of nitrogens with zero attached hydrogens (tertiary/aromatic N) is 4. The fourth-order valence-corrected chi connectivity index (χ4v) is 3.69. The van der Waals surface area contributed by atoms with Gasteiger partial charge in [0.05, 0.1) is 11.9 Å². The quantitative estimate of drug-likeness (QED) is 0.611.